The summed E-state index contributed by atoms with van der Waals surface area (Å²) in [5.41, 5.74) is 1.10. The average Bonchev–Trinajstić information content (AvgIpc) is 3.16. The van der Waals surface area contributed by atoms with Gasteiger partial charge in [0.15, 0.2) is 16.6 Å². The van der Waals surface area contributed by atoms with Gasteiger partial charge in [0.05, 0.1) is 25.5 Å². The number of nitrogens with zero attached hydrogens (tertiary/aromatic N) is 1. The summed E-state index contributed by atoms with van der Waals surface area (Å²) in [7, 11) is 3.09. The third-order valence-electron chi connectivity index (χ3n) is 4.00. The van der Waals surface area contributed by atoms with Crippen LogP contribution in [0.15, 0.2) is 53.6 Å². The van der Waals surface area contributed by atoms with Crippen molar-refractivity contribution in [2.75, 3.05) is 30.6 Å². The van der Waals surface area contributed by atoms with Crippen LogP contribution in [-0.4, -0.2) is 36.8 Å². The number of hydrogen-bond acceptors (Lipinski definition) is 7. The fourth-order valence-electron chi connectivity index (χ4n) is 2.61. The van der Waals surface area contributed by atoms with E-state index in [4.69, 9.17) is 9.47 Å². The lowest BCUT2D eigenvalue weighted by Gasteiger charge is -2.11. The molecule has 2 amide bonds. The molecule has 0 saturated heterocycles. The molecule has 9 heteroatoms. The van der Waals surface area contributed by atoms with Gasteiger partial charge in [-0.25, -0.2) is 4.98 Å². The molecule has 3 aromatic rings. The molecule has 30 heavy (non-hydrogen) atoms. The maximum atomic E-state index is 12.6. The molecule has 0 atom stereocenters. The molecule has 156 valence electrons. The van der Waals surface area contributed by atoms with E-state index >= 15 is 0 Å². The van der Waals surface area contributed by atoms with Crippen LogP contribution in [0, 0.1) is 6.92 Å². The average molecular weight is 444 g/mol. The number of anilines is 2. The van der Waals surface area contributed by atoms with Crippen molar-refractivity contribution in [2.24, 2.45) is 0 Å². The third-order valence-corrected chi connectivity index (χ3v) is 5.90. The molecule has 2 N–H and O–H groups in total. The van der Waals surface area contributed by atoms with Crippen LogP contribution in [0.3, 0.4) is 0 Å². The second-order valence-electron chi connectivity index (χ2n) is 6.13. The first-order valence-corrected chi connectivity index (χ1v) is 10.8. The number of ether oxygens (including phenoxy) is 2. The number of thiazole rings is 1. The topological polar surface area (TPSA) is 89.5 Å². The number of carbonyl (C=O) groups excluding carboxylic acids is 2. The fourth-order valence-corrected chi connectivity index (χ4v) is 4.12. The van der Waals surface area contributed by atoms with Crippen molar-refractivity contribution >= 4 is 45.7 Å². The van der Waals surface area contributed by atoms with Crippen molar-refractivity contribution in [3.05, 3.63) is 59.1 Å². The summed E-state index contributed by atoms with van der Waals surface area (Å²) >= 11 is 2.70. The summed E-state index contributed by atoms with van der Waals surface area (Å²) < 4.78 is 10.4. The van der Waals surface area contributed by atoms with Crippen LogP contribution < -0.4 is 20.1 Å². The van der Waals surface area contributed by atoms with Crippen molar-refractivity contribution in [3.8, 4) is 11.5 Å². The third kappa shape index (κ3) is 5.52. The van der Waals surface area contributed by atoms with Crippen molar-refractivity contribution in [3.63, 3.8) is 0 Å². The zero-order valence-electron chi connectivity index (χ0n) is 16.7. The number of methoxy groups -OCH3 is 2. The van der Waals surface area contributed by atoms with Crippen LogP contribution >= 0.6 is 23.1 Å². The Morgan fingerprint density at radius 3 is 2.53 bits per heavy atom. The van der Waals surface area contributed by atoms with E-state index in [9.17, 15) is 9.59 Å². The molecule has 1 aromatic heterocycles. The summed E-state index contributed by atoms with van der Waals surface area (Å²) in [6.45, 7) is 1.92. The maximum Gasteiger partial charge on any atom is 0.258 e. The van der Waals surface area contributed by atoms with E-state index in [0.717, 1.165) is 4.88 Å². The van der Waals surface area contributed by atoms with Crippen LogP contribution in [0.5, 0.6) is 11.5 Å². The minimum absolute atomic E-state index is 0.148. The summed E-state index contributed by atoms with van der Waals surface area (Å²) in [6, 6.07) is 12.3. The first kappa shape index (κ1) is 21.7. The molecule has 0 spiro atoms. The molecule has 1 heterocycles. The van der Waals surface area contributed by atoms with Crippen molar-refractivity contribution < 1.29 is 19.1 Å². The number of aromatic nitrogens is 1. The highest BCUT2D eigenvalue weighted by atomic mass is 32.2. The monoisotopic (exact) mass is 443 g/mol. The Morgan fingerprint density at radius 1 is 1.07 bits per heavy atom. The molecule has 0 bridgehead atoms. The SMILES string of the molecule is COc1ccc(NC(=O)CSc2ccccc2C(=O)Nc2ncc(C)s2)cc1OC. The highest BCUT2D eigenvalue weighted by Crippen LogP contribution is 2.30. The Bertz CT molecular complexity index is 1050. The summed E-state index contributed by atoms with van der Waals surface area (Å²) in [5.74, 6) is 0.808. The predicted molar refractivity (Wildman–Crippen MR) is 120 cm³/mol. The van der Waals surface area contributed by atoms with E-state index in [1.54, 1.807) is 43.6 Å². The lowest BCUT2D eigenvalue weighted by atomic mass is 10.2. The number of thioether (sulfide) groups is 1. The van der Waals surface area contributed by atoms with Crippen LogP contribution in [0.25, 0.3) is 0 Å². The number of benzene rings is 2. The van der Waals surface area contributed by atoms with Gasteiger partial charge in [0.2, 0.25) is 5.91 Å². The van der Waals surface area contributed by atoms with Crippen molar-refractivity contribution in [2.45, 2.75) is 11.8 Å². The highest BCUT2D eigenvalue weighted by Gasteiger charge is 2.15. The van der Waals surface area contributed by atoms with Gasteiger partial charge in [-0.3, -0.25) is 14.9 Å². The first-order chi connectivity index (χ1) is 14.5. The highest BCUT2D eigenvalue weighted by molar-refractivity contribution is 8.00. The van der Waals surface area contributed by atoms with Gasteiger partial charge in [-0.15, -0.1) is 23.1 Å². The Kier molecular flexibility index (Phi) is 7.31. The molecule has 0 aliphatic heterocycles. The molecule has 0 aliphatic carbocycles. The van der Waals surface area contributed by atoms with E-state index in [1.807, 2.05) is 19.1 Å². The van der Waals surface area contributed by atoms with Crippen LogP contribution in [-0.2, 0) is 4.79 Å². The van der Waals surface area contributed by atoms with Gasteiger partial charge in [-0.1, -0.05) is 12.1 Å². The number of aryl methyl sites for hydroxylation is 1. The van der Waals surface area contributed by atoms with E-state index < -0.39 is 0 Å². The van der Waals surface area contributed by atoms with Crippen molar-refractivity contribution in [1.82, 2.24) is 4.98 Å². The van der Waals surface area contributed by atoms with Gasteiger partial charge in [0.1, 0.15) is 0 Å². The van der Waals surface area contributed by atoms with Crippen LogP contribution in [0.1, 0.15) is 15.2 Å². The van der Waals surface area contributed by atoms with E-state index in [2.05, 4.69) is 15.6 Å². The Labute approximate surface area is 182 Å². The maximum absolute atomic E-state index is 12.6. The van der Waals surface area contributed by atoms with E-state index in [1.165, 1.54) is 30.2 Å². The second-order valence-corrected chi connectivity index (χ2v) is 8.38. The van der Waals surface area contributed by atoms with Gasteiger partial charge in [-0.05, 0) is 31.2 Å². The van der Waals surface area contributed by atoms with Crippen molar-refractivity contribution in [1.29, 1.82) is 0 Å². The standard InChI is InChI=1S/C21H21N3O4S2/c1-13-11-22-21(30-13)24-20(26)15-6-4-5-7-18(15)29-12-19(25)23-14-8-9-16(27-2)17(10-14)28-3/h4-11H,12H2,1-3H3,(H,23,25)(H,22,24,26). The van der Waals surface area contributed by atoms with Gasteiger partial charge < -0.3 is 14.8 Å². The van der Waals surface area contributed by atoms with Gasteiger partial charge in [0.25, 0.3) is 5.91 Å². The smallest absolute Gasteiger partial charge is 0.258 e. The first-order valence-electron chi connectivity index (χ1n) is 8.97. The number of amides is 2. The molecule has 0 unspecified atom stereocenters. The molecule has 2 aromatic carbocycles. The minimum Gasteiger partial charge on any atom is -0.493 e. The molecule has 0 fully saturated rings. The van der Waals surface area contributed by atoms with Crippen LogP contribution in [0.2, 0.25) is 0 Å². The predicted octanol–water partition coefficient (Wildman–Crippen LogP) is 4.45. The fraction of sp³-hybridized carbons (Fsp3) is 0.190. The normalized spacial score (nSPS) is 10.4. The molecular weight excluding hydrogens is 422 g/mol. The number of carbonyl (C=O) groups is 2. The zero-order chi connectivity index (χ0) is 21.5. The number of rotatable bonds is 8. The van der Waals surface area contributed by atoms with Gasteiger partial charge in [-0.2, -0.15) is 0 Å². The zero-order valence-corrected chi connectivity index (χ0v) is 18.4. The Balaban J connectivity index is 1.63. The van der Waals surface area contributed by atoms with Crippen LogP contribution in [0.4, 0.5) is 10.8 Å². The molecule has 7 nitrogen and oxygen atoms in total. The Hall–Kier alpha value is -3.04. The lowest BCUT2D eigenvalue weighted by molar-refractivity contribution is -0.113. The van der Waals surface area contributed by atoms with E-state index in [-0.39, 0.29) is 17.6 Å². The lowest BCUT2D eigenvalue weighted by Crippen LogP contribution is -2.16. The summed E-state index contributed by atoms with van der Waals surface area (Å²) in [6.07, 6.45) is 1.71. The number of nitrogens with one attached hydrogen (secondary N) is 2. The largest absolute Gasteiger partial charge is 0.493 e. The second kappa shape index (κ2) is 10.1. The molecule has 0 aliphatic rings. The summed E-state index contributed by atoms with van der Waals surface area (Å²) in [5, 5.41) is 6.17. The minimum atomic E-state index is -0.257. The molecule has 0 radical (unpaired) electrons. The molecule has 0 saturated carbocycles. The Morgan fingerprint density at radius 2 is 1.83 bits per heavy atom. The molecule has 3 rings (SSSR count). The molecular formula is C21H21N3O4S2. The number of hydrogen-bond donors (Lipinski definition) is 2. The summed E-state index contributed by atoms with van der Waals surface area (Å²) in [4.78, 5) is 30.9. The quantitative estimate of drug-likeness (QED) is 0.500. The van der Waals surface area contributed by atoms with Gasteiger partial charge in [0, 0.05) is 27.7 Å². The van der Waals surface area contributed by atoms with Gasteiger partial charge >= 0.3 is 0 Å². The van der Waals surface area contributed by atoms with E-state index in [0.29, 0.717) is 32.8 Å².